The SMILES string of the molecule is Cc1nc(COc2cccc(C=CC(=O)Nc3ccc(CN4CCSCC4)cc3C)c2)cs1. The number of ether oxygens (including phenoxy) is 1. The summed E-state index contributed by atoms with van der Waals surface area (Å²) in [5.74, 6) is 3.02. The molecule has 1 aliphatic heterocycles. The average Bonchev–Trinajstić information content (AvgIpc) is 3.24. The van der Waals surface area contributed by atoms with Crippen molar-refractivity contribution in [3.05, 3.63) is 81.3 Å². The molecule has 3 aromatic rings. The van der Waals surface area contributed by atoms with Gasteiger partial charge in [-0.2, -0.15) is 11.8 Å². The maximum Gasteiger partial charge on any atom is 0.248 e. The van der Waals surface area contributed by atoms with Gasteiger partial charge in [-0.15, -0.1) is 11.3 Å². The largest absolute Gasteiger partial charge is 0.487 e. The first-order valence-electron chi connectivity index (χ1n) is 11.1. The zero-order valence-electron chi connectivity index (χ0n) is 19.0. The third-order valence-electron chi connectivity index (χ3n) is 5.40. The van der Waals surface area contributed by atoms with Gasteiger partial charge in [0.2, 0.25) is 5.91 Å². The van der Waals surface area contributed by atoms with Gasteiger partial charge in [0.15, 0.2) is 0 Å². The van der Waals surface area contributed by atoms with E-state index in [-0.39, 0.29) is 5.91 Å². The summed E-state index contributed by atoms with van der Waals surface area (Å²) < 4.78 is 5.83. The maximum atomic E-state index is 12.5. The lowest BCUT2D eigenvalue weighted by atomic mass is 10.1. The summed E-state index contributed by atoms with van der Waals surface area (Å²) in [4.78, 5) is 19.4. The summed E-state index contributed by atoms with van der Waals surface area (Å²) in [6, 6.07) is 14.0. The molecule has 2 aromatic carbocycles. The molecule has 1 fully saturated rings. The minimum Gasteiger partial charge on any atom is -0.487 e. The van der Waals surface area contributed by atoms with Crippen LogP contribution in [0, 0.1) is 13.8 Å². The molecular weight excluding hydrogens is 450 g/mol. The normalized spacial score (nSPS) is 14.5. The molecule has 0 atom stereocenters. The Hall–Kier alpha value is -2.61. The van der Waals surface area contributed by atoms with E-state index in [1.54, 1.807) is 23.5 Å². The van der Waals surface area contributed by atoms with Crippen molar-refractivity contribution in [1.29, 1.82) is 0 Å². The van der Waals surface area contributed by atoms with Gasteiger partial charge in [0.05, 0.1) is 10.7 Å². The van der Waals surface area contributed by atoms with E-state index < -0.39 is 0 Å². The lowest BCUT2D eigenvalue weighted by Gasteiger charge is -2.26. The van der Waals surface area contributed by atoms with Crippen LogP contribution < -0.4 is 10.1 Å². The molecule has 0 unspecified atom stereocenters. The van der Waals surface area contributed by atoms with Gasteiger partial charge in [0.25, 0.3) is 0 Å². The Morgan fingerprint density at radius 1 is 1.18 bits per heavy atom. The van der Waals surface area contributed by atoms with Crippen LogP contribution in [0.25, 0.3) is 6.08 Å². The second-order valence-electron chi connectivity index (χ2n) is 8.08. The number of nitrogens with one attached hydrogen (secondary N) is 1. The number of carbonyl (C=O) groups excluding carboxylic acids is 1. The van der Waals surface area contributed by atoms with Crippen LogP contribution in [-0.2, 0) is 17.9 Å². The van der Waals surface area contributed by atoms with Gasteiger partial charge in [-0.3, -0.25) is 9.69 Å². The van der Waals surface area contributed by atoms with Gasteiger partial charge in [-0.25, -0.2) is 4.98 Å². The van der Waals surface area contributed by atoms with Crippen molar-refractivity contribution in [1.82, 2.24) is 9.88 Å². The summed E-state index contributed by atoms with van der Waals surface area (Å²) in [6.45, 7) is 7.71. The fourth-order valence-electron chi connectivity index (χ4n) is 3.67. The molecule has 2 heterocycles. The fraction of sp³-hybridized carbons (Fsp3) is 0.308. The molecule has 1 amide bonds. The van der Waals surface area contributed by atoms with Crippen LogP contribution in [0.3, 0.4) is 0 Å². The molecule has 1 N–H and O–H groups in total. The Morgan fingerprint density at radius 2 is 2.03 bits per heavy atom. The molecule has 1 aromatic heterocycles. The van der Waals surface area contributed by atoms with Crippen molar-refractivity contribution in [3.63, 3.8) is 0 Å². The van der Waals surface area contributed by atoms with E-state index in [2.05, 4.69) is 27.3 Å². The van der Waals surface area contributed by atoms with Crippen LogP contribution in [0.5, 0.6) is 5.75 Å². The summed E-state index contributed by atoms with van der Waals surface area (Å²) in [6.07, 6.45) is 3.36. The summed E-state index contributed by atoms with van der Waals surface area (Å²) >= 11 is 3.64. The second-order valence-corrected chi connectivity index (χ2v) is 10.4. The molecule has 1 aliphatic rings. The number of aryl methyl sites for hydroxylation is 2. The van der Waals surface area contributed by atoms with E-state index >= 15 is 0 Å². The molecule has 0 aliphatic carbocycles. The Labute approximate surface area is 203 Å². The van der Waals surface area contributed by atoms with Crippen LogP contribution in [0.1, 0.15) is 27.4 Å². The number of amides is 1. The number of thiazole rings is 1. The zero-order chi connectivity index (χ0) is 23.0. The minimum atomic E-state index is -0.150. The van der Waals surface area contributed by atoms with E-state index in [1.807, 2.05) is 61.3 Å². The van der Waals surface area contributed by atoms with Crippen molar-refractivity contribution in [2.75, 3.05) is 29.9 Å². The smallest absolute Gasteiger partial charge is 0.248 e. The predicted octanol–water partition coefficient (Wildman–Crippen LogP) is 5.54. The third kappa shape index (κ3) is 7.19. The highest BCUT2D eigenvalue weighted by Gasteiger charge is 2.11. The van der Waals surface area contributed by atoms with E-state index in [0.29, 0.717) is 6.61 Å². The number of anilines is 1. The van der Waals surface area contributed by atoms with E-state index in [4.69, 9.17) is 4.74 Å². The van der Waals surface area contributed by atoms with E-state index in [9.17, 15) is 4.79 Å². The Balaban J connectivity index is 1.31. The monoisotopic (exact) mass is 479 g/mol. The van der Waals surface area contributed by atoms with Crippen LogP contribution >= 0.6 is 23.1 Å². The standard InChI is InChI=1S/C26H29N3O2S2/c1-19-14-22(16-29-10-12-32-13-11-29)6-8-25(19)28-26(30)9-7-21-4-3-5-24(15-21)31-17-23-18-33-20(2)27-23/h3-9,14-15,18H,10-13,16-17H2,1-2H3,(H,28,30). The number of thioether (sulfide) groups is 1. The molecule has 172 valence electrons. The first-order valence-corrected chi connectivity index (χ1v) is 13.1. The maximum absolute atomic E-state index is 12.5. The highest BCUT2D eigenvalue weighted by molar-refractivity contribution is 7.99. The average molecular weight is 480 g/mol. The second kappa shape index (κ2) is 11.5. The highest BCUT2D eigenvalue weighted by Crippen LogP contribution is 2.20. The molecule has 4 rings (SSSR count). The van der Waals surface area contributed by atoms with Gasteiger partial charge in [0, 0.05) is 48.3 Å². The van der Waals surface area contributed by atoms with Crippen molar-refractivity contribution >= 4 is 40.8 Å². The summed E-state index contributed by atoms with van der Waals surface area (Å²) in [7, 11) is 0. The van der Waals surface area contributed by atoms with Gasteiger partial charge in [-0.1, -0.05) is 24.3 Å². The number of aromatic nitrogens is 1. The van der Waals surface area contributed by atoms with Crippen molar-refractivity contribution in [2.24, 2.45) is 0 Å². The zero-order valence-corrected chi connectivity index (χ0v) is 20.7. The molecule has 1 saturated heterocycles. The highest BCUT2D eigenvalue weighted by atomic mass is 32.2. The number of benzene rings is 2. The number of rotatable bonds is 8. The van der Waals surface area contributed by atoms with Crippen LogP contribution in [0.4, 0.5) is 5.69 Å². The quantitative estimate of drug-likeness (QED) is 0.430. The Bertz CT molecular complexity index is 1120. The molecule has 5 nitrogen and oxygen atoms in total. The lowest BCUT2D eigenvalue weighted by Crippen LogP contribution is -2.31. The Kier molecular flexibility index (Phi) is 8.20. The summed E-state index contributed by atoms with van der Waals surface area (Å²) in [5.41, 5.74) is 5.04. The fourth-order valence-corrected chi connectivity index (χ4v) is 5.24. The topological polar surface area (TPSA) is 54.5 Å². The number of hydrogen-bond donors (Lipinski definition) is 1. The molecule has 0 bridgehead atoms. The first-order chi connectivity index (χ1) is 16.0. The predicted molar refractivity (Wildman–Crippen MR) is 139 cm³/mol. The van der Waals surface area contributed by atoms with Crippen LogP contribution in [-0.4, -0.2) is 40.4 Å². The van der Waals surface area contributed by atoms with Crippen molar-refractivity contribution in [3.8, 4) is 5.75 Å². The first kappa shape index (κ1) is 23.5. The van der Waals surface area contributed by atoms with Crippen LogP contribution in [0.15, 0.2) is 53.9 Å². The van der Waals surface area contributed by atoms with Gasteiger partial charge >= 0.3 is 0 Å². The van der Waals surface area contributed by atoms with E-state index in [1.165, 1.54) is 17.1 Å². The minimum absolute atomic E-state index is 0.150. The molecule has 0 saturated carbocycles. The van der Waals surface area contributed by atoms with Gasteiger partial charge in [0.1, 0.15) is 12.4 Å². The number of nitrogens with zero attached hydrogens (tertiary/aromatic N) is 2. The molecule has 33 heavy (non-hydrogen) atoms. The number of carbonyl (C=O) groups is 1. The lowest BCUT2D eigenvalue weighted by molar-refractivity contribution is -0.111. The van der Waals surface area contributed by atoms with Crippen LogP contribution in [0.2, 0.25) is 0 Å². The molecule has 0 spiro atoms. The van der Waals surface area contributed by atoms with Crippen molar-refractivity contribution < 1.29 is 9.53 Å². The van der Waals surface area contributed by atoms with Gasteiger partial charge in [-0.05, 0) is 54.8 Å². The Morgan fingerprint density at radius 3 is 2.79 bits per heavy atom. The van der Waals surface area contributed by atoms with Crippen molar-refractivity contribution in [2.45, 2.75) is 27.0 Å². The van der Waals surface area contributed by atoms with Gasteiger partial charge < -0.3 is 10.1 Å². The summed E-state index contributed by atoms with van der Waals surface area (Å²) in [5, 5.41) is 6.03. The molecule has 0 radical (unpaired) electrons. The number of hydrogen-bond acceptors (Lipinski definition) is 6. The van der Waals surface area contributed by atoms with E-state index in [0.717, 1.165) is 52.9 Å². The molecular formula is C26H29N3O2S2. The molecule has 7 heteroatoms. The third-order valence-corrected chi connectivity index (χ3v) is 7.16.